The van der Waals surface area contributed by atoms with E-state index in [4.69, 9.17) is 4.74 Å². The number of halogens is 1. The van der Waals surface area contributed by atoms with Gasteiger partial charge in [-0.25, -0.2) is 4.39 Å². The van der Waals surface area contributed by atoms with Crippen LogP contribution in [0.2, 0.25) is 0 Å². The number of H-pyrrole nitrogens is 1. The Morgan fingerprint density at radius 3 is 2.52 bits per heavy atom. The molecule has 4 rings (SSSR count). The van der Waals surface area contributed by atoms with Crippen molar-refractivity contribution in [2.45, 2.75) is 32.1 Å². The molecule has 33 heavy (non-hydrogen) atoms. The van der Waals surface area contributed by atoms with Gasteiger partial charge in [0.15, 0.2) is 0 Å². The smallest absolute Gasteiger partial charge is 0.306 e. The number of hydrogen-bond donors (Lipinski definition) is 1. The van der Waals surface area contributed by atoms with Crippen molar-refractivity contribution in [3.05, 3.63) is 82.0 Å². The maximum atomic E-state index is 13.4. The fraction of sp³-hybridized carbons (Fsp3) is 0.346. The van der Waals surface area contributed by atoms with Gasteiger partial charge in [-0.05, 0) is 66.8 Å². The van der Waals surface area contributed by atoms with E-state index < -0.39 is 0 Å². The number of rotatable bonds is 6. The summed E-state index contributed by atoms with van der Waals surface area (Å²) >= 11 is 0. The Bertz CT molecular complexity index is 1200. The van der Waals surface area contributed by atoms with Crippen LogP contribution < -0.4 is 5.56 Å². The fourth-order valence-corrected chi connectivity index (χ4v) is 4.67. The van der Waals surface area contributed by atoms with Crippen LogP contribution in [0.15, 0.2) is 59.4 Å². The zero-order valence-corrected chi connectivity index (χ0v) is 18.6. The lowest BCUT2D eigenvalue weighted by Crippen LogP contribution is -2.40. The lowest BCUT2D eigenvalue weighted by molar-refractivity contribution is -0.144. The Morgan fingerprint density at radius 2 is 1.82 bits per heavy atom. The van der Waals surface area contributed by atoms with Gasteiger partial charge in [-0.15, -0.1) is 0 Å². The molecule has 0 bridgehead atoms. The summed E-state index contributed by atoms with van der Waals surface area (Å²) in [5.41, 5.74) is 0.893. The van der Waals surface area contributed by atoms with E-state index >= 15 is 0 Å². The predicted octanol–water partition coefficient (Wildman–Crippen LogP) is 4.26. The van der Waals surface area contributed by atoms with Crippen LogP contribution in [0.1, 0.15) is 48.2 Å². The summed E-state index contributed by atoms with van der Waals surface area (Å²) in [7, 11) is 0. The van der Waals surface area contributed by atoms with E-state index in [2.05, 4.69) is 4.98 Å². The minimum absolute atomic E-state index is 0.109. The van der Waals surface area contributed by atoms with E-state index in [1.165, 1.54) is 12.1 Å². The molecule has 1 aliphatic rings. The van der Waals surface area contributed by atoms with Crippen molar-refractivity contribution in [1.29, 1.82) is 0 Å². The molecule has 0 spiro atoms. The molecule has 1 aliphatic heterocycles. The molecule has 2 heterocycles. The number of fused-ring (bicyclic) bond motifs is 1. The summed E-state index contributed by atoms with van der Waals surface area (Å²) in [6.07, 6.45) is 1.62. The third-order valence-electron chi connectivity index (χ3n) is 6.37. The second kappa shape index (κ2) is 9.98. The van der Waals surface area contributed by atoms with Crippen LogP contribution in [0.5, 0.6) is 0 Å². The number of amides is 1. The van der Waals surface area contributed by atoms with E-state index in [-0.39, 0.29) is 47.2 Å². The van der Waals surface area contributed by atoms with Gasteiger partial charge < -0.3 is 14.6 Å². The summed E-state index contributed by atoms with van der Waals surface area (Å²) in [6.45, 7) is 3.11. The highest BCUT2D eigenvalue weighted by atomic mass is 19.1. The van der Waals surface area contributed by atoms with Crippen LogP contribution in [-0.2, 0) is 9.53 Å². The predicted molar refractivity (Wildman–Crippen MR) is 124 cm³/mol. The molecular weight excluding hydrogens is 423 g/mol. The average Bonchev–Trinajstić information content (AvgIpc) is 2.83. The highest BCUT2D eigenvalue weighted by molar-refractivity contribution is 5.96. The number of nitrogens with one attached hydrogen (secondary N) is 1. The average molecular weight is 451 g/mol. The third kappa shape index (κ3) is 5.13. The van der Waals surface area contributed by atoms with Gasteiger partial charge in [0.1, 0.15) is 11.5 Å². The first-order valence-corrected chi connectivity index (χ1v) is 11.3. The standard InChI is InChI=1S/C26H27FN2O4/c1-2-33-24(30)16-22(17-7-9-20(27)10-8-17)18-11-13-29(14-12-18)26(32)23-15-19-5-3-4-6-21(19)25(31)28-23/h3-10,15,18,22H,2,11-14,16H2,1H3,(H,28,31)/t22-/m0/s1. The van der Waals surface area contributed by atoms with Gasteiger partial charge in [-0.3, -0.25) is 14.4 Å². The van der Waals surface area contributed by atoms with E-state index in [9.17, 15) is 18.8 Å². The van der Waals surface area contributed by atoms with Crippen LogP contribution >= 0.6 is 0 Å². The molecule has 1 aromatic heterocycles. The Balaban J connectivity index is 1.48. The molecule has 0 aliphatic carbocycles. The van der Waals surface area contributed by atoms with Gasteiger partial charge in [0.05, 0.1) is 13.0 Å². The van der Waals surface area contributed by atoms with E-state index in [0.29, 0.717) is 37.9 Å². The monoisotopic (exact) mass is 450 g/mol. The SMILES string of the molecule is CCOC(=O)C[C@@H](c1ccc(F)cc1)C1CCN(C(=O)c2cc3ccccc3c(=O)[nH]2)CC1. The van der Waals surface area contributed by atoms with Crippen molar-refractivity contribution in [3.63, 3.8) is 0 Å². The van der Waals surface area contributed by atoms with Crippen LogP contribution in [0.3, 0.4) is 0 Å². The van der Waals surface area contributed by atoms with E-state index in [1.807, 2.05) is 12.1 Å². The number of piperidine rings is 1. The van der Waals surface area contributed by atoms with E-state index in [1.54, 1.807) is 42.2 Å². The van der Waals surface area contributed by atoms with Crippen molar-refractivity contribution in [2.75, 3.05) is 19.7 Å². The van der Waals surface area contributed by atoms with Crippen LogP contribution in [0.4, 0.5) is 4.39 Å². The molecule has 3 aromatic rings. The number of likely N-dealkylation sites (tertiary alicyclic amines) is 1. The summed E-state index contributed by atoms with van der Waals surface area (Å²) in [5, 5.41) is 1.28. The van der Waals surface area contributed by atoms with Gasteiger partial charge in [0.2, 0.25) is 0 Å². The lowest BCUT2D eigenvalue weighted by atomic mass is 9.78. The molecule has 6 nitrogen and oxygen atoms in total. The molecule has 0 unspecified atom stereocenters. The summed E-state index contributed by atoms with van der Waals surface area (Å²) in [4.78, 5) is 42.1. The van der Waals surface area contributed by atoms with E-state index in [0.717, 1.165) is 10.9 Å². The molecular formula is C26H27FN2O4. The number of hydrogen-bond acceptors (Lipinski definition) is 4. The van der Waals surface area contributed by atoms with Crippen LogP contribution in [0.25, 0.3) is 10.8 Å². The number of benzene rings is 2. The van der Waals surface area contributed by atoms with Gasteiger partial charge in [-0.2, -0.15) is 0 Å². The van der Waals surface area contributed by atoms with Crippen molar-refractivity contribution in [2.24, 2.45) is 5.92 Å². The number of pyridine rings is 1. The summed E-state index contributed by atoms with van der Waals surface area (Å²) < 4.78 is 18.6. The zero-order chi connectivity index (χ0) is 23.4. The number of ether oxygens (including phenoxy) is 1. The Kier molecular flexibility index (Phi) is 6.87. The van der Waals surface area contributed by atoms with Crippen molar-refractivity contribution >= 4 is 22.6 Å². The molecule has 1 amide bonds. The lowest BCUT2D eigenvalue weighted by Gasteiger charge is -2.36. The first-order chi connectivity index (χ1) is 16.0. The minimum atomic E-state index is -0.321. The molecule has 1 atom stereocenters. The van der Waals surface area contributed by atoms with Crippen LogP contribution in [0, 0.1) is 11.7 Å². The highest BCUT2D eigenvalue weighted by Crippen LogP contribution is 2.36. The first kappa shape index (κ1) is 22.7. The Hall–Kier alpha value is -3.48. The highest BCUT2D eigenvalue weighted by Gasteiger charge is 2.32. The zero-order valence-electron chi connectivity index (χ0n) is 18.6. The summed E-state index contributed by atoms with van der Waals surface area (Å²) in [6, 6.07) is 15.1. The molecule has 0 radical (unpaired) electrons. The number of nitrogens with zero attached hydrogens (tertiary/aromatic N) is 1. The molecule has 2 aromatic carbocycles. The topological polar surface area (TPSA) is 79.5 Å². The summed E-state index contributed by atoms with van der Waals surface area (Å²) in [5.74, 6) is -0.764. The van der Waals surface area contributed by atoms with Crippen molar-refractivity contribution in [3.8, 4) is 0 Å². The van der Waals surface area contributed by atoms with Gasteiger partial charge >= 0.3 is 5.97 Å². The maximum Gasteiger partial charge on any atom is 0.306 e. The largest absolute Gasteiger partial charge is 0.466 e. The fourth-order valence-electron chi connectivity index (χ4n) is 4.67. The molecule has 172 valence electrons. The molecule has 1 N–H and O–H groups in total. The normalized spacial score (nSPS) is 15.4. The molecule has 7 heteroatoms. The molecule has 1 saturated heterocycles. The maximum absolute atomic E-state index is 13.4. The number of aromatic nitrogens is 1. The molecule has 1 fully saturated rings. The number of esters is 1. The molecule has 0 saturated carbocycles. The Labute approximate surface area is 191 Å². The quantitative estimate of drug-likeness (QED) is 0.569. The van der Waals surface area contributed by atoms with Gasteiger partial charge in [0, 0.05) is 18.5 Å². The van der Waals surface area contributed by atoms with Crippen LogP contribution in [-0.4, -0.2) is 41.5 Å². The number of carbonyl (C=O) groups excluding carboxylic acids is 2. The van der Waals surface area contributed by atoms with Crippen molar-refractivity contribution in [1.82, 2.24) is 9.88 Å². The second-order valence-electron chi connectivity index (χ2n) is 8.40. The number of carbonyl (C=O) groups is 2. The van der Waals surface area contributed by atoms with Gasteiger partial charge in [-0.1, -0.05) is 30.3 Å². The Morgan fingerprint density at radius 1 is 1.12 bits per heavy atom. The van der Waals surface area contributed by atoms with Gasteiger partial charge in [0.25, 0.3) is 11.5 Å². The number of aromatic amines is 1. The first-order valence-electron chi connectivity index (χ1n) is 11.3. The third-order valence-corrected chi connectivity index (χ3v) is 6.37. The second-order valence-corrected chi connectivity index (χ2v) is 8.40. The minimum Gasteiger partial charge on any atom is -0.466 e. The van der Waals surface area contributed by atoms with Crippen molar-refractivity contribution < 1.29 is 18.7 Å².